The number of aryl methyl sites for hydroxylation is 1. The van der Waals surface area contributed by atoms with E-state index in [9.17, 15) is 0 Å². The third-order valence-electron chi connectivity index (χ3n) is 2.61. The highest BCUT2D eigenvalue weighted by Crippen LogP contribution is 2.27. The lowest BCUT2D eigenvalue weighted by atomic mass is 10.2. The zero-order valence-corrected chi connectivity index (χ0v) is 12.9. The van der Waals surface area contributed by atoms with Gasteiger partial charge >= 0.3 is 0 Å². The Hall–Kier alpha value is -0.830. The molecule has 0 radical (unpaired) electrons. The van der Waals surface area contributed by atoms with Crippen molar-refractivity contribution in [2.75, 3.05) is 17.6 Å². The maximum atomic E-state index is 5.98. The van der Waals surface area contributed by atoms with Crippen molar-refractivity contribution < 1.29 is 0 Å². The van der Waals surface area contributed by atoms with Gasteiger partial charge in [0.05, 0.1) is 10.0 Å². The Morgan fingerprint density at radius 2 is 1.89 bits per heavy atom. The van der Waals surface area contributed by atoms with Gasteiger partial charge in [0.1, 0.15) is 0 Å². The van der Waals surface area contributed by atoms with Crippen LogP contribution >= 0.6 is 35.0 Å². The molecule has 4 heteroatoms. The van der Waals surface area contributed by atoms with E-state index in [1.54, 1.807) is 11.8 Å². The van der Waals surface area contributed by atoms with Crippen LogP contribution in [0, 0.1) is 6.92 Å². The van der Waals surface area contributed by atoms with Crippen LogP contribution in [-0.2, 0) is 0 Å². The fourth-order valence-electron chi connectivity index (χ4n) is 1.69. The van der Waals surface area contributed by atoms with Crippen LogP contribution in [0.25, 0.3) is 0 Å². The predicted molar refractivity (Wildman–Crippen MR) is 86.9 cm³/mol. The quantitative estimate of drug-likeness (QED) is 0.577. The van der Waals surface area contributed by atoms with Crippen molar-refractivity contribution in [3.05, 3.63) is 58.1 Å². The summed E-state index contributed by atoms with van der Waals surface area (Å²) in [6.07, 6.45) is 0. The molecular weight excluding hydrogens is 297 g/mol. The normalized spacial score (nSPS) is 10.5. The summed E-state index contributed by atoms with van der Waals surface area (Å²) in [4.78, 5) is 1.14. The molecule has 0 aliphatic rings. The molecule has 0 saturated carbocycles. The summed E-state index contributed by atoms with van der Waals surface area (Å²) in [5.41, 5.74) is 2.43. The molecule has 100 valence electrons. The molecule has 0 saturated heterocycles. The molecule has 1 N–H and O–H groups in total. The molecule has 0 aromatic heterocycles. The zero-order chi connectivity index (χ0) is 13.7. The van der Waals surface area contributed by atoms with Gasteiger partial charge in [-0.2, -0.15) is 0 Å². The predicted octanol–water partition coefficient (Wildman–Crippen LogP) is 5.51. The van der Waals surface area contributed by atoms with Gasteiger partial charge < -0.3 is 5.32 Å². The van der Waals surface area contributed by atoms with Crippen LogP contribution < -0.4 is 5.32 Å². The van der Waals surface area contributed by atoms with Crippen molar-refractivity contribution >= 4 is 40.7 Å². The average Bonchev–Trinajstić information content (AvgIpc) is 2.39. The number of hydrogen-bond acceptors (Lipinski definition) is 2. The second kappa shape index (κ2) is 7.09. The lowest BCUT2D eigenvalue weighted by Crippen LogP contribution is -2.03. The van der Waals surface area contributed by atoms with Crippen molar-refractivity contribution in [1.29, 1.82) is 0 Å². The molecule has 0 amide bonds. The summed E-state index contributed by atoms with van der Waals surface area (Å²) >= 11 is 13.6. The molecule has 0 unspecified atom stereocenters. The third kappa shape index (κ3) is 4.64. The van der Waals surface area contributed by atoms with E-state index in [0.717, 1.165) is 22.9 Å². The number of anilines is 1. The van der Waals surface area contributed by atoms with E-state index in [4.69, 9.17) is 23.2 Å². The van der Waals surface area contributed by atoms with Crippen LogP contribution in [0.4, 0.5) is 5.69 Å². The monoisotopic (exact) mass is 311 g/mol. The van der Waals surface area contributed by atoms with Crippen molar-refractivity contribution in [1.82, 2.24) is 0 Å². The van der Waals surface area contributed by atoms with E-state index in [1.165, 1.54) is 5.56 Å². The molecule has 2 aromatic carbocycles. The van der Waals surface area contributed by atoms with E-state index >= 15 is 0 Å². The van der Waals surface area contributed by atoms with Gasteiger partial charge in [0.2, 0.25) is 0 Å². The molecule has 19 heavy (non-hydrogen) atoms. The Bertz CT molecular complexity index is 558. The van der Waals surface area contributed by atoms with E-state index < -0.39 is 0 Å². The van der Waals surface area contributed by atoms with Crippen molar-refractivity contribution in [3.63, 3.8) is 0 Å². The van der Waals surface area contributed by atoms with Crippen LogP contribution in [0.15, 0.2) is 47.4 Å². The maximum absolute atomic E-state index is 5.98. The molecule has 2 rings (SSSR count). The van der Waals surface area contributed by atoms with E-state index in [1.807, 2.05) is 18.2 Å². The molecule has 0 bridgehead atoms. The van der Waals surface area contributed by atoms with Crippen LogP contribution in [-0.4, -0.2) is 12.3 Å². The van der Waals surface area contributed by atoms with E-state index in [0.29, 0.717) is 10.0 Å². The summed E-state index contributed by atoms with van der Waals surface area (Å²) in [6.45, 7) is 3.00. The summed E-state index contributed by atoms with van der Waals surface area (Å²) in [6, 6.07) is 14.1. The summed E-state index contributed by atoms with van der Waals surface area (Å²) in [7, 11) is 0. The van der Waals surface area contributed by atoms with Gasteiger partial charge in [-0.15, -0.1) is 11.8 Å². The van der Waals surface area contributed by atoms with Crippen LogP contribution in [0.3, 0.4) is 0 Å². The number of nitrogens with one attached hydrogen (secondary N) is 1. The SMILES string of the molecule is Cc1cccc(NCCSc2ccc(Cl)c(Cl)c2)c1. The Labute approximate surface area is 128 Å². The highest BCUT2D eigenvalue weighted by molar-refractivity contribution is 7.99. The fourth-order valence-corrected chi connectivity index (χ4v) is 2.85. The fraction of sp³-hybridized carbons (Fsp3) is 0.200. The summed E-state index contributed by atoms with van der Waals surface area (Å²) in [5, 5.41) is 4.61. The summed E-state index contributed by atoms with van der Waals surface area (Å²) in [5.74, 6) is 0.978. The van der Waals surface area contributed by atoms with Gasteiger partial charge in [0.15, 0.2) is 0 Å². The molecular formula is C15H15Cl2NS. The Morgan fingerprint density at radius 1 is 1.05 bits per heavy atom. The number of hydrogen-bond donors (Lipinski definition) is 1. The number of rotatable bonds is 5. The van der Waals surface area contributed by atoms with Gasteiger partial charge in [-0.05, 0) is 42.8 Å². The number of thioether (sulfide) groups is 1. The number of halogens is 2. The molecule has 0 aliphatic carbocycles. The standard InChI is InChI=1S/C15H15Cl2NS/c1-11-3-2-4-12(9-11)18-7-8-19-13-5-6-14(16)15(17)10-13/h2-6,9-10,18H,7-8H2,1H3. The Balaban J connectivity index is 1.79. The van der Waals surface area contributed by atoms with Crippen LogP contribution in [0.5, 0.6) is 0 Å². The van der Waals surface area contributed by atoms with Crippen molar-refractivity contribution in [2.24, 2.45) is 0 Å². The first-order valence-corrected chi connectivity index (χ1v) is 7.78. The first-order valence-electron chi connectivity index (χ1n) is 6.03. The van der Waals surface area contributed by atoms with Gasteiger partial charge in [0, 0.05) is 22.9 Å². The highest BCUT2D eigenvalue weighted by Gasteiger charge is 2.00. The topological polar surface area (TPSA) is 12.0 Å². The van der Waals surface area contributed by atoms with E-state index in [2.05, 4.69) is 36.5 Å². The van der Waals surface area contributed by atoms with Crippen LogP contribution in [0.1, 0.15) is 5.56 Å². The minimum Gasteiger partial charge on any atom is -0.384 e. The lowest BCUT2D eigenvalue weighted by molar-refractivity contribution is 1.22. The number of benzene rings is 2. The van der Waals surface area contributed by atoms with E-state index in [-0.39, 0.29) is 0 Å². The molecule has 1 nitrogen and oxygen atoms in total. The second-order valence-corrected chi connectivity index (χ2v) is 6.20. The molecule has 0 spiro atoms. The maximum Gasteiger partial charge on any atom is 0.0603 e. The van der Waals surface area contributed by atoms with Gasteiger partial charge in [0.25, 0.3) is 0 Å². The zero-order valence-electron chi connectivity index (χ0n) is 10.6. The van der Waals surface area contributed by atoms with Gasteiger partial charge in [-0.25, -0.2) is 0 Å². The Morgan fingerprint density at radius 3 is 2.63 bits per heavy atom. The summed E-state index contributed by atoms with van der Waals surface area (Å²) < 4.78 is 0. The average molecular weight is 312 g/mol. The highest BCUT2D eigenvalue weighted by atomic mass is 35.5. The molecule has 0 heterocycles. The van der Waals surface area contributed by atoms with Crippen LogP contribution in [0.2, 0.25) is 10.0 Å². The first kappa shape index (κ1) is 14.6. The minimum atomic E-state index is 0.601. The molecule has 0 aliphatic heterocycles. The Kier molecular flexibility index (Phi) is 5.44. The minimum absolute atomic E-state index is 0.601. The second-order valence-electron chi connectivity index (χ2n) is 4.22. The first-order chi connectivity index (χ1) is 9.15. The molecule has 0 fully saturated rings. The lowest BCUT2D eigenvalue weighted by Gasteiger charge is -2.07. The van der Waals surface area contributed by atoms with Gasteiger partial charge in [-0.1, -0.05) is 35.3 Å². The van der Waals surface area contributed by atoms with Crippen molar-refractivity contribution in [2.45, 2.75) is 11.8 Å². The molecule has 2 aromatic rings. The third-order valence-corrected chi connectivity index (χ3v) is 4.34. The smallest absolute Gasteiger partial charge is 0.0603 e. The van der Waals surface area contributed by atoms with Crippen molar-refractivity contribution in [3.8, 4) is 0 Å². The molecule has 0 atom stereocenters. The largest absolute Gasteiger partial charge is 0.384 e. The van der Waals surface area contributed by atoms with Gasteiger partial charge in [-0.3, -0.25) is 0 Å².